The minimum absolute atomic E-state index is 0.583. The van der Waals surface area contributed by atoms with Gasteiger partial charge >= 0.3 is 0 Å². The standard InChI is InChI=1S/C14H24N2O/c1-3-8-15-10-12(2)16(13-6-7-13)11-14-5-4-9-17-14/h4-5,9,12-13,15H,3,6-8,10-11H2,1-2H3. The molecule has 0 aliphatic heterocycles. The van der Waals surface area contributed by atoms with Gasteiger partial charge in [-0.05, 0) is 44.9 Å². The Morgan fingerprint density at radius 1 is 1.53 bits per heavy atom. The molecule has 3 heteroatoms. The van der Waals surface area contributed by atoms with Crippen molar-refractivity contribution in [2.45, 2.75) is 51.7 Å². The first-order valence-electron chi connectivity index (χ1n) is 6.80. The van der Waals surface area contributed by atoms with Gasteiger partial charge in [0.15, 0.2) is 0 Å². The summed E-state index contributed by atoms with van der Waals surface area (Å²) in [6.07, 6.45) is 5.66. The zero-order valence-electron chi connectivity index (χ0n) is 11.0. The van der Waals surface area contributed by atoms with E-state index < -0.39 is 0 Å². The molecule has 0 bridgehead atoms. The maximum atomic E-state index is 5.46. The predicted molar refractivity (Wildman–Crippen MR) is 69.9 cm³/mol. The lowest BCUT2D eigenvalue weighted by Crippen LogP contribution is -2.41. The van der Waals surface area contributed by atoms with Crippen LogP contribution in [-0.4, -0.2) is 30.1 Å². The van der Waals surface area contributed by atoms with Crippen LogP contribution in [0.1, 0.15) is 38.9 Å². The molecule has 0 aromatic carbocycles. The maximum Gasteiger partial charge on any atom is 0.117 e. The maximum absolute atomic E-state index is 5.46. The van der Waals surface area contributed by atoms with Gasteiger partial charge in [-0.3, -0.25) is 4.90 Å². The summed E-state index contributed by atoms with van der Waals surface area (Å²) in [6, 6.07) is 5.40. The molecule has 1 saturated carbocycles. The van der Waals surface area contributed by atoms with Crippen molar-refractivity contribution in [1.82, 2.24) is 10.2 Å². The van der Waals surface area contributed by atoms with Gasteiger partial charge in [-0.2, -0.15) is 0 Å². The van der Waals surface area contributed by atoms with E-state index in [4.69, 9.17) is 4.42 Å². The number of nitrogens with one attached hydrogen (secondary N) is 1. The van der Waals surface area contributed by atoms with Crippen molar-refractivity contribution in [3.8, 4) is 0 Å². The van der Waals surface area contributed by atoms with Crippen molar-refractivity contribution in [3.63, 3.8) is 0 Å². The summed E-state index contributed by atoms with van der Waals surface area (Å²) >= 11 is 0. The summed E-state index contributed by atoms with van der Waals surface area (Å²) in [5.74, 6) is 1.08. The third kappa shape index (κ3) is 3.86. The minimum atomic E-state index is 0.583. The van der Waals surface area contributed by atoms with E-state index in [1.165, 1.54) is 19.3 Å². The van der Waals surface area contributed by atoms with Gasteiger partial charge in [0.25, 0.3) is 0 Å². The van der Waals surface area contributed by atoms with E-state index in [-0.39, 0.29) is 0 Å². The lowest BCUT2D eigenvalue weighted by Gasteiger charge is -2.28. The monoisotopic (exact) mass is 236 g/mol. The third-order valence-electron chi connectivity index (χ3n) is 3.37. The lowest BCUT2D eigenvalue weighted by molar-refractivity contribution is 0.171. The molecule has 2 rings (SSSR count). The number of furan rings is 1. The highest BCUT2D eigenvalue weighted by molar-refractivity contribution is 5.00. The van der Waals surface area contributed by atoms with E-state index in [1.54, 1.807) is 6.26 Å². The van der Waals surface area contributed by atoms with Gasteiger partial charge in [0.05, 0.1) is 12.8 Å². The second kappa shape index (κ2) is 6.22. The summed E-state index contributed by atoms with van der Waals surface area (Å²) < 4.78 is 5.46. The first-order chi connectivity index (χ1) is 8.31. The number of hydrogen-bond donors (Lipinski definition) is 1. The summed E-state index contributed by atoms with van der Waals surface area (Å²) in [5, 5.41) is 3.51. The zero-order chi connectivity index (χ0) is 12.1. The van der Waals surface area contributed by atoms with E-state index in [0.29, 0.717) is 6.04 Å². The Hall–Kier alpha value is -0.800. The van der Waals surface area contributed by atoms with Crippen molar-refractivity contribution in [2.24, 2.45) is 0 Å². The molecule has 1 aromatic heterocycles. The molecule has 1 fully saturated rings. The first kappa shape index (κ1) is 12.7. The van der Waals surface area contributed by atoms with E-state index in [2.05, 4.69) is 30.1 Å². The molecule has 3 nitrogen and oxygen atoms in total. The first-order valence-corrected chi connectivity index (χ1v) is 6.80. The van der Waals surface area contributed by atoms with Crippen molar-refractivity contribution >= 4 is 0 Å². The Balaban J connectivity index is 1.83. The Bertz CT molecular complexity index is 306. The molecule has 1 atom stereocenters. The molecule has 17 heavy (non-hydrogen) atoms. The topological polar surface area (TPSA) is 28.4 Å². The molecule has 1 aliphatic carbocycles. The van der Waals surface area contributed by atoms with Crippen LogP contribution in [-0.2, 0) is 6.54 Å². The van der Waals surface area contributed by atoms with Crippen LogP contribution in [0.2, 0.25) is 0 Å². The quantitative estimate of drug-likeness (QED) is 0.703. The molecular formula is C14H24N2O. The largest absolute Gasteiger partial charge is 0.468 e. The van der Waals surface area contributed by atoms with E-state index in [9.17, 15) is 0 Å². The average Bonchev–Trinajstić information content (AvgIpc) is 3.03. The van der Waals surface area contributed by atoms with Crippen LogP contribution >= 0.6 is 0 Å². The summed E-state index contributed by atoms with van der Waals surface area (Å²) in [6.45, 7) is 7.66. The molecule has 0 spiro atoms. The molecular weight excluding hydrogens is 212 g/mol. The fourth-order valence-corrected chi connectivity index (χ4v) is 2.24. The van der Waals surface area contributed by atoms with Crippen LogP contribution in [0.15, 0.2) is 22.8 Å². The van der Waals surface area contributed by atoms with Crippen LogP contribution in [0.3, 0.4) is 0 Å². The second-order valence-electron chi connectivity index (χ2n) is 5.04. The van der Waals surface area contributed by atoms with Crippen molar-refractivity contribution < 1.29 is 4.42 Å². The van der Waals surface area contributed by atoms with E-state index in [0.717, 1.165) is 31.4 Å². The normalized spacial score (nSPS) is 17.6. The molecule has 0 saturated heterocycles. The zero-order valence-corrected chi connectivity index (χ0v) is 11.0. The van der Waals surface area contributed by atoms with Gasteiger partial charge in [0.2, 0.25) is 0 Å². The van der Waals surface area contributed by atoms with E-state index in [1.807, 2.05) is 6.07 Å². The molecule has 0 radical (unpaired) electrons. The van der Waals surface area contributed by atoms with Crippen LogP contribution in [0.4, 0.5) is 0 Å². The Labute approximate surface area is 104 Å². The van der Waals surface area contributed by atoms with Gasteiger partial charge in [0.1, 0.15) is 5.76 Å². The predicted octanol–water partition coefficient (Wildman–Crippen LogP) is 2.63. The Kier molecular flexibility index (Phi) is 4.63. The Morgan fingerprint density at radius 3 is 2.94 bits per heavy atom. The van der Waals surface area contributed by atoms with Gasteiger partial charge in [-0.15, -0.1) is 0 Å². The highest BCUT2D eigenvalue weighted by atomic mass is 16.3. The number of nitrogens with zero attached hydrogens (tertiary/aromatic N) is 1. The number of rotatable bonds is 8. The highest BCUT2D eigenvalue weighted by Gasteiger charge is 2.32. The summed E-state index contributed by atoms with van der Waals surface area (Å²) in [5.41, 5.74) is 0. The van der Waals surface area contributed by atoms with Gasteiger partial charge in [-0.25, -0.2) is 0 Å². The molecule has 0 amide bonds. The molecule has 1 unspecified atom stereocenters. The number of hydrogen-bond acceptors (Lipinski definition) is 3. The van der Waals surface area contributed by atoms with Crippen LogP contribution < -0.4 is 5.32 Å². The van der Waals surface area contributed by atoms with Crippen LogP contribution in [0.25, 0.3) is 0 Å². The Morgan fingerprint density at radius 2 is 2.35 bits per heavy atom. The van der Waals surface area contributed by atoms with Crippen molar-refractivity contribution in [2.75, 3.05) is 13.1 Å². The van der Waals surface area contributed by atoms with Gasteiger partial charge in [-0.1, -0.05) is 6.92 Å². The molecule has 1 aromatic rings. The minimum Gasteiger partial charge on any atom is -0.468 e. The summed E-state index contributed by atoms with van der Waals surface area (Å²) in [4.78, 5) is 2.57. The van der Waals surface area contributed by atoms with Crippen LogP contribution in [0, 0.1) is 0 Å². The lowest BCUT2D eigenvalue weighted by atomic mass is 10.2. The second-order valence-corrected chi connectivity index (χ2v) is 5.04. The fraction of sp³-hybridized carbons (Fsp3) is 0.714. The van der Waals surface area contributed by atoms with E-state index >= 15 is 0 Å². The highest BCUT2D eigenvalue weighted by Crippen LogP contribution is 2.30. The van der Waals surface area contributed by atoms with Crippen molar-refractivity contribution in [3.05, 3.63) is 24.2 Å². The SMILES string of the molecule is CCCNCC(C)N(Cc1ccco1)C1CC1. The van der Waals surface area contributed by atoms with Crippen LogP contribution in [0.5, 0.6) is 0 Å². The summed E-state index contributed by atoms with van der Waals surface area (Å²) in [7, 11) is 0. The molecule has 1 heterocycles. The smallest absolute Gasteiger partial charge is 0.117 e. The van der Waals surface area contributed by atoms with Crippen molar-refractivity contribution in [1.29, 1.82) is 0 Å². The fourth-order valence-electron chi connectivity index (χ4n) is 2.24. The molecule has 1 N–H and O–H groups in total. The van der Waals surface area contributed by atoms with Gasteiger partial charge in [0, 0.05) is 18.6 Å². The molecule has 96 valence electrons. The third-order valence-corrected chi connectivity index (χ3v) is 3.37. The molecule has 1 aliphatic rings. The van der Waals surface area contributed by atoms with Gasteiger partial charge < -0.3 is 9.73 Å². The average molecular weight is 236 g/mol.